The van der Waals surface area contributed by atoms with Crippen molar-refractivity contribution in [3.8, 4) is 0 Å². The third-order valence-electron chi connectivity index (χ3n) is 3.55. The first-order chi connectivity index (χ1) is 6.60. The van der Waals surface area contributed by atoms with Gasteiger partial charge in [-0.1, -0.05) is 26.7 Å². The van der Waals surface area contributed by atoms with Crippen LogP contribution < -0.4 is 5.73 Å². The summed E-state index contributed by atoms with van der Waals surface area (Å²) < 4.78 is 5.20. The van der Waals surface area contributed by atoms with E-state index in [2.05, 4.69) is 13.8 Å². The van der Waals surface area contributed by atoms with Crippen LogP contribution in [0, 0.1) is 11.3 Å². The van der Waals surface area contributed by atoms with Crippen molar-refractivity contribution in [1.29, 1.82) is 0 Å². The lowest BCUT2D eigenvalue weighted by Crippen LogP contribution is -2.44. The van der Waals surface area contributed by atoms with Crippen LogP contribution in [0.15, 0.2) is 0 Å². The van der Waals surface area contributed by atoms with E-state index >= 15 is 0 Å². The lowest BCUT2D eigenvalue weighted by atomic mass is 9.73. The van der Waals surface area contributed by atoms with Crippen LogP contribution in [0.2, 0.25) is 0 Å². The summed E-state index contributed by atoms with van der Waals surface area (Å²) in [5, 5.41) is 0. The van der Waals surface area contributed by atoms with Gasteiger partial charge in [-0.3, -0.25) is 0 Å². The average molecular weight is 199 g/mol. The average Bonchev–Trinajstić information content (AvgIpc) is 2.53. The van der Waals surface area contributed by atoms with E-state index in [0.29, 0.717) is 12.0 Å². The predicted molar refractivity (Wildman–Crippen MR) is 60.2 cm³/mol. The molecule has 0 bridgehead atoms. The second-order valence-corrected chi connectivity index (χ2v) is 5.23. The molecule has 1 aliphatic rings. The molecular weight excluding hydrogens is 174 g/mol. The first-order valence-corrected chi connectivity index (χ1v) is 5.85. The molecule has 1 unspecified atom stereocenters. The highest BCUT2D eigenvalue weighted by atomic mass is 16.5. The van der Waals surface area contributed by atoms with Gasteiger partial charge in [-0.2, -0.15) is 0 Å². The molecular formula is C12H25NO. The van der Waals surface area contributed by atoms with Gasteiger partial charge < -0.3 is 10.5 Å². The van der Waals surface area contributed by atoms with Gasteiger partial charge in [0.1, 0.15) is 0 Å². The van der Waals surface area contributed by atoms with Gasteiger partial charge >= 0.3 is 0 Å². The van der Waals surface area contributed by atoms with E-state index in [1.165, 1.54) is 32.1 Å². The maximum Gasteiger partial charge on any atom is 0.0619 e. The highest BCUT2D eigenvalue weighted by Crippen LogP contribution is 2.45. The number of rotatable bonds is 5. The summed E-state index contributed by atoms with van der Waals surface area (Å²) in [6.07, 6.45) is 6.57. The number of ether oxygens (including phenoxy) is 1. The van der Waals surface area contributed by atoms with Gasteiger partial charge in [-0.15, -0.1) is 0 Å². The fourth-order valence-electron chi connectivity index (χ4n) is 2.97. The van der Waals surface area contributed by atoms with Gasteiger partial charge in [0.25, 0.3) is 0 Å². The van der Waals surface area contributed by atoms with Crippen LogP contribution in [0.25, 0.3) is 0 Å². The quantitative estimate of drug-likeness (QED) is 0.738. The Morgan fingerprint density at radius 3 is 2.29 bits per heavy atom. The molecule has 0 amide bonds. The van der Waals surface area contributed by atoms with Crippen molar-refractivity contribution < 1.29 is 4.74 Å². The van der Waals surface area contributed by atoms with E-state index < -0.39 is 0 Å². The standard InChI is InChI=1S/C12H25NO/c1-10(2)8-12(6-4-5-7-12)11(13)9-14-3/h10-11H,4-9,13H2,1-3H3. The second kappa shape index (κ2) is 5.13. The van der Waals surface area contributed by atoms with Crippen molar-refractivity contribution >= 4 is 0 Å². The lowest BCUT2D eigenvalue weighted by molar-refractivity contribution is 0.0938. The third-order valence-corrected chi connectivity index (χ3v) is 3.55. The number of hydrogen-bond donors (Lipinski definition) is 1. The molecule has 0 heterocycles. The fourth-order valence-corrected chi connectivity index (χ4v) is 2.97. The summed E-state index contributed by atoms with van der Waals surface area (Å²) >= 11 is 0. The predicted octanol–water partition coefficient (Wildman–Crippen LogP) is 2.57. The minimum atomic E-state index is 0.234. The van der Waals surface area contributed by atoms with Crippen LogP contribution >= 0.6 is 0 Å². The summed E-state index contributed by atoms with van der Waals surface area (Å²) in [5.74, 6) is 0.746. The molecule has 0 saturated heterocycles. The zero-order valence-electron chi connectivity index (χ0n) is 9.88. The van der Waals surface area contributed by atoms with Crippen LogP contribution in [0.3, 0.4) is 0 Å². The molecule has 2 N–H and O–H groups in total. The van der Waals surface area contributed by atoms with Crippen LogP contribution in [0.4, 0.5) is 0 Å². The van der Waals surface area contributed by atoms with Gasteiger partial charge in [0.2, 0.25) is 0 Å². The van der Waals surface area contributed by atoms with Crippen molar-refractivity contribution in [3.63, 3.8) is 0 Å². The summed E-state index contributed by atoms with van der Waals surface area (Å²) in [5.41, 5.74) is 6.63. The fraction of sp³-hybridized carbons (Fsp3) is 1.00. The number of hydrogen-bond acceptors (Lipinski definition) is 2. The van der Waals surface area contributed by atoms with Crippen molar-refractivity contribution in [2.24, 2.45) is 17.1 Å². The Bertz CT molecular complexity index is 162. The van der Waals surface area contributed by atoms with Crippen molar-refractivity contribution in [3.05, 3.63) is 0 Å². The molecule has 0 radical (unpaired) electrons. The largest absolute Gasteiger partial charge is 0.383 e. The normalized spacial score (nSPS) is 22.9. The first-order valence-electron chi connectivity index (χ1n) is 5.85. The monoisotopic (exact) mass is 199 g/mol. The van der Waals surface area contributed by atoms with Gasteiger partial charge in [0.05, 0.1) is 6.61 Å². The van der Waals surface area contributed by atoms with Crippen molar-refractivity contribution in [2.45, 2.75) is 52.0 Å². The Hall–Kier alpha value is -0.0800. The van der Waals surface area contributed by atoms with Crippen LogP contribution in [0.5, 0.6) is 0 Å². The summed E-state index contributed by atoms with van der Waals surface area (Å²) in [6.45, 7) is 5.30. The minimum Gasteiger partial charge on any atom is -0.383 e. The van der Waals surface area contributed by atoms with Crippen LogP contribution in [0.1, 0.15) is 46.0 Å². The number of methoxy groups -OCH3 is 1. The summed E-state index contributed by atoms with van der Waals surface area (Å²) in [6, 6.07) is 0.234. The molecule has 2 heteroatoms. The van der Waals surface area contributed by atoms with Crippen molar-refractivity contribution in [1.82, 2.24) is 0 Å². The van der Waals surface area contributed by atoms with Gasteiger partial charge in [0, 0.05) is 13.2 Å². The Balaban J connectivity index is 2.60. The lowest BCUT2D eigenvalue weighted by Gasteiger charge is -2.36. The van der Waals surface area contributed by atoms with Gasteiger partial charge in [-0.25, -0.2) is 0 Å². The Morgan fingerprint density at radius 2 is 1.86 bits per heavy atom. The molecule has 0 spiro atoms. The second-order valence-electron chi connectivity index (χ2n) is 5.23. The summed E-state index contributed by atoms with van der Waals surface area (Å²) in [7, 11) is 1.75. The van der Waals surface area contributed by atoms with E-state index in [1.54, 1.807) is 7.11 Å². The molecule has 1 atom stereocenters. The van der Waals surface area contributed by atoms with E-state index in [4.69, 9.17) is 10.5 Å². The minimum absolute atomic E-state index is 0.234. The Kier molecular flexibility index (Phi) is 4.39. The molecule has 0 aromatic rings. The van der Waals surface area contributed by atoms with Crippen LogP contribution in [-0.2, 0) is 4.74 Å². The Labute approximate surface area is 88.2 Å². The molecule has 1 rings (SSSR count). The molecule has 84 valence electrons. The molecule has 1 aliphatic carbocycles. The first kappa shape index (κ1) is 12.0. The highest BCUT2D eigenvalue weighted by molar-refractivity contribution is 4.93. The van der Waals surface area contributed by atoms with E-state index in [-0.39, 0.29) is 6.04 Å². The summed E-state index contributed by atoms with van der Waals surface area (Å²) in [4.78, 5) is 0. The zero-order valence-corrected chi connectivity index (χ0v) is 9.88. The molecule has 14 heavy (non-hydrogen) atoms. The van der Waals surface area contributed by atoms with Crippen LogP contribution in [-0.4, -0.2) is 19.8 Å². The molecule has 0 aromatic heterocycles. The topological polar surface area (TPSA) is 35.2 Å². The maximum atomic E-state index is 6.25. The maximum absolute atomic E-state index is 6.25. The molecule has 0 aromatic carbocycles. The smallest absolute Gasteiger partial charge is 0.0619 e. The SMILES string of the molecule is COCC(N)C1(CC(C)C)CCCC1. The van der Waals surface area contributed by atoms with E-state index in [9.17, 15) is 0 Å². The van der Waals surface area contributed by atoms with E-state index in [0.717, 1.165) is 5.92 Å². The highest BCUT2D eigenvalue weighted by Gasteiger charge is 2.39. The van der Waals surface area contributed by atoms with Gasteiger partial charge in [-0.05, 0) is 30.6 Å². The molecule has 2 nitrogen and oxygen atoms in total. The third kappa shape index (κ3) is 2.71. The number of nitrogens with two attached hydrogens (primary N) is 1. The zero-order chi connectivity index (χ0) is 10.6. The molecule has 1 fully saturated rings. The molecule has 0 aliphatic heterocycles. The molecule has 1 saturated carbocycles. The van der Waals surface area contributed by atoms with E-state index in [1.807, 2.05) is 0 Å². The Morgan fingerprint density at radius 1 is 1.29 bits per heavy atom. The van der Waals surface area contributed by atoms with Crippen molar-refractivity contribution in [2.75, 3.05) is 13.7 Å². The van der Waals surface area contributed by atoms with Gasteiger partial charge in [0.15, 0.2) is 0 Å².